The van der Waals surface area contributed by atoms with Gasteiger partial charge in [-0.05, 0) is 18.1 Å². The molecule has 0 aromatic heterocycles. The van der Waals surface area contributed by atoms with Crippen LogP contribution in [0, 0.1) is 17.6 Å². The van der Waals surface area contributed by atoms with Gasteiger partial charge in [0.05, 0.1) is 12.6 Å². The maximum Gasteiger partial charge on any atom is 0.251 e. The van der Waals surface area contributed by atoms with Gasteiger partial charge in [-0.1, -0.05) is 13.8 Å². The van der Waals surface area contributed by atoms with E-state index in [0.29, 0.717) is 6.07 Å². The fourth-order valence-electron chi connectivity index (χ4n) is 1.36. The summed E-state index contributed by atoms with van der Waals surface area (Å²) in [5, 5.41) is 11.6. The SMILES string of the molecule is CC(C)C(CO)NC(=O)c1cc(F)cc(F)c1. The summed E-state index contributed by atoms with van der Waals surface area (Å²) in [5.74, 6) is -2.18. The van der Waals surface area contributed by atoms with Crippen molar-refractivity contribution in [3.8, 4) is 0 Å². The minimum absolute atomic E-state index is 0.0300. The number of aliphatic hydroxyl groups excluding tert-OH is 1. The van der Waals surface area contributed by atoms with E-state index in [4.69, 9.17) is 5.11 Å². The quantitative estimate of drug-likeness (QED) is 0.845. The van der Waals surface area contributed by atoms with Gasteiger partial charge >= 0.3 is 0 Å². The molecule has 1 aromatic carbocycles. The van der Waals surface area contributed by atoms with Crippen molar-refractivity contribution in [3.05, 3.63) is 35.4 Å². The molecule has 94 valence electrons. The molecule has 2 N–H and O–H groups in total. The van der Waals surface area contributed by atoms with Gasteiger partial charge in [0.2, 0.25) is 0 Å². The van der Waals surface area contributed by atoms with Gasteiger partial charge in [-0.15, -0.1) is 0 Å². The normalized spacial score (nSPS) is 12.6. The Morgan fingerprint density at radius 1 is 1.29 bits per heavy atom. The summed E-state index contributed by atoms with van der Waals surface area (Å²) in [6.07, 6.45) is 0. The van der Waals surface area contributed by atoms with Crippen molar-refractivity contribution in [1.82, 2.24) is 5.32 Å². The van der Waals surface area contributed by atoms with Crippen LogP contribution in [0.25, 0.3) is 0 Å². The molecule has 17 heavy (non-hydrogen) atoms. The summed E-state index contributed by atoms with van der Waals surface area (Å²) < 4.78 is 25.8. The molecule has 1 atom stereocenters. The number of carbonyl (C=O) groups is 1. The summed E-state index contributed by atoms with van der Waals surface area (Å²) in [5.41, 5.74) is -0.0957. The predicted molar refractivity (Wildman–Crippen MR) is 59.5 cm³/mol. The van der Waals surface area contributed by atoms with E-state index in [0.717, 1.165) is 12.1 Å². The van der Waals surface area contributed by atoms with Crippen molar-refractivity contribution in [2.24, 2.45) is 5.92 Å². The molecule has 0 radical (unpaired) electrons. The number of halogens is 2. The molecular formula is C12H15F2NO2. The first-order valence-electron chi connectivity index (χ1n) is 5.32. The molecule has 1 rings (SSSR count). The van der Waals surface area contributed by atoms with Crippen LogP contribution >= 0.6 is 0 Å². The lowest BCUT2D eigenvalue weighted by Gasteiger charge is -2.19. The van der Waals surface area contributed by atoms with E-state index in [2.05, 4.69) is 5.32 Å². The third-order valence-corrected chi connectivity index (χ3v) is 2.44. The summed E-state index contributed by atoms with van der Waals surface area (Å²) in [7, 11) is 0. The first kappa shape index (κ1) is 13.6. The predicted octanol–water partition coefficient (Wildman–Crippen LogP) is 1.71. The molecule has 1 unspecified atom stereocenters. The molecule has 0 bridgehead atoms. The van der Waals surface area contributed by atoms with E-state index in [1.807, 2.05) is 13.8 Å². The average Bonchev–Trinajstić information content (AvgIpc) is 2.23. The molecular weight excluding hydrogens is 228 g/mol. The van der Waals surface area contributed by atoms with Crippen LogP contribution in [0.5, 0.6) is 0 Å². The molecule has 1 aromatic rings. The molecule has 0 spiro atoms. The minimum Gasteiger partial charge on any atom is -0.394 e. The second-order valence-electron chi connectivity index (χ2n) is 4.16. The van der Waals surface area contributed by atoms with E-state index >= 15 is 0 Å². The fourth-order valence-corrected chi connectivity index (χ4v) is 1.36. The van der Waals surface area contributed by atoms with Crippen molar-refractivity contribution >= 4 is 5.91 Å². The zero-order chi connectivity index (χ0) is 13.0. The second kappa shape index (κ2) is 5.72. The van der Waals surface area contributed by atoms with E-state index in [1.165, 1.54) is 0 Å². The van der Waals surface area contributed by atoms with Crippen molar-refractivity contribution in [3.63, 3.8) is 0 Å². The van der Waals surface area contributed by atoms with Crippen LogP contribution in [0.2, 0.25) is 0 Å². The third kappa shape index (κ3) is 3.78. The zero-order valence-corrected chi connectivity index (χ0v) is 9.71. The number of amides is 1. The van der Waals surface area contributed by atoms with Crippen molar-refractivity contribution in [2.75, 3.05) is 6.61 Å². The largest absolute Gasteiger partial charge is 0.394 e. The third-order valence-electron chi connectivity index (χ3n) is 2.44. The van der Waals surface area contributed by atoms with Crippen LogP contribution in [-0.2, 0) is 0 Å². The Hall–Kier alpha value is -1.49. The molecule has 1 amide bonds. The van der Waals surface area contributed by atoms with Gasteiger partial charge in [0, 0.05) is 11.6 Å². The summed E-state index contributed by atoms with van der Waals surface area (Å²) in [6, 6.07) is 2.16. The molecule has 3 nitrogen and oxygen atoms in total. The molecule has 0 saturated heterocycles. The minimum atomic E-state index is -0.805. The highest BCUT2D eigenvalue weighted by molar-refractivity contribution is 5.94. The first-order valence-corrected chi connectivity index (χ1v) is 5.32. The average molecular weight is 243 g/mol. The Labute approximate surface area is 98.5 Å². The van der Waals surface area contributed by atoms with Crippen LogP contribution in [0.15, 0.2) is 18.2 Å². The van der Waals surface area contributed by atoms with E-state index in [-0.39, 0.29) is 18.1 Å². The molecule has 0 aliphatic heterocycles. The zero-order valence-electron chi connectivity index (χ0n) is 9.71. The Morgan fingerprint density at radius 2 is 1.82 bits per heavy atom. The highest BCUT2D eigenvalue weighted by atomic mass is 19.1. The Morgan fingerprint density at radius 3 is 2.24 bits per heavy atom. The topological polar surface area (TPSA) is 49.3 Å². The maximum absolute atomic E-state index is 12.9. The molecule has 0 fully saturated rings. The smallest absolute Gasteiger partial charge is 0.251 e. The molecule has 0 heterocycles. The molecule has 5 heteroatoms. The lowest BCUT2D eigenvalue weighted by atomic mass is 10.0. The van der Waals surface area contributed by atoms with Crippen LogP contribution < -0.4 is 5.32 Å². The van der Waals surface area contributed by atoms with Crippen molar-refractivity contribution in [2.45, 2.75) is 19.9 Å². The van der Waals surface area contributed by atoms with E-state index in [9.17, 15) is 13.6 Å². The number of carbonyl (C=O) groups excluding carboxylic acids is 1. The Balaban J connectivity index is 2.82. The Bertz CT molecular complexity index is 387. The van der Waals surface area contributed by atoms with Gasteiger partial charge in [0.1, 0.15) is 11.6 Å². The number of nitrogens with one attached hydrogen (secondary N) is 1. The van der Waals surface area contributed by atoms with Gasteiger partial charge in [0.25, 0.3) is 5.91 Å². The lowest BCUT2D eigenvalue weighted by molar-refractivity contribution is 0.0896. The first-order chi connectivity index (χ1) is 7.93. The van der Waals surface area contributed by atoms with Crippen molar-refractivity contribution < 1.29 is 18.7 Å². The monoisotopic (exact) mass is 243 g/mol. The maximum atomic E-state index is 12.9. The molecule has 0 aliphatic carbocycles. The highest BCUT2D eigenvalue weighted by Gasteiger charge is 2.17. The lowest BCUT2D eigenvalue weighted by Crippen LogP contribution is -2.41. The van der Waals surface area contributed by atoms with Gasteiger partial charge in [-0.2, -0.15) is 0 Å². The van der Waals surface area contributed by atoms with Gasteiger partial charge in [-0.3, -0.25) is 4.79 Å². The van der Waals surface area contributed by atoms with Gasteiger partial charge < -0.3 is 10.4 Å². The number of benzene rings is 1. The fraction of sp³-hybridized carbons (Fsp3) is 0.417. The van der Waals surface area contributed by atoms with E-state index < -0.39 is 23.6 Å². The summed E-state index contributed by atoms with van der Waals surface area (Å²) in [4.78, 5) is 11.7. The molecule has 0 aliphatic rings. The standard InChI is InChI=1S/C12H15F2NO2/c1-7(2)11(6-16)15-12(17)8-3-9(13)5-10(14)4-8/h3-5,7,11,16H,6H2,1-2H3,(H,15,17). The number of hydrogen-bond acceptors (Lipinski definition) is 2. The molecule has 0 saturated carbocycles. The number of aliphatic hydroxyl groups is 1. The second-order valence-corrected chi connectivity index (χ2v) is 4.16. The van der Waals surface area contributed by atoms with Crippen LogP contribution in [0.4, 0.5) is 8.78 Å². The number of hydrogen-bond donors (Lipinski definition) is 2. The van der Waals surface area contributed by atoms with Gasteiger partial charge in [0.15, 0.2) is 0 Å². The van der Waals surface area contributed by atoms with Crippen LogP contribution in [-0.4, -0.2) is 23.7 Å². The Kier molecular flexibility index (Phi) is 4.57. The highest BCUT2D eigenvalue weighted by Crippen LogP contribution is 2.09. The number of rotatable bonds is 4. The van der Waals surface area contributed by atoms with E-state index in [1.54, 1.807) is 0 Å². The van der Waals surface area contributed by atoms with Crippen LogP contribution in [0.1, 0.15) is 24.2 Å². The summed E-state index contributed by atoms with van der Waals surface area (Å²) in [6.45, 7) is 3.43. The summed E-state index contributed by atoms with van der Waals surface area (Å²) >= 11 is 0. The van der Waals surface area contributed by atoms with Crippen LogP contribution in [0.3, 0.4) is 0 Å². The van der Waals surface area contributed by atoms with Gasteiger partial charge in [-0.25, -0.2) is 8.78 Å². The van der Waals surface area contributed by atoms with Crippen molar-refractivity contribution in [1.29, 1.82) is 0 Å².